The fourth-order valence-corrected chi connectivity index (χ4v) is 3.52. The van der Waals surface area contributed by atoms with Gasteiger partial charge in [-0.1, -0.05) is 29.8 Å². The summed E-state index contributed by atoms with van der Waals surface area (Å²) in [4.78, 5) is 47.6. The van der Waals surface area contributed by atoms with Gasteiger partial charge in [-0.05, 0) is 13.0 Å². The second-order valence-electron chi connectivity index (χ2n) is 7.38. The highest BCUT2D eigenvalue weighted by molar-refractivity contribution is 6.33. The van der Waals surface area contributed by atoms with Crippen molar-refractivity contribution in [2.75, 3.05) is 13.2 Å². The first kappa shape index (κ1) is 24.3. The molecule has 2 heterocycles. The van der Waals surface area contributed by atoms with Gasteiger partial charge in [-0.2, -0.15) is 0 Å². The zero-order chi connectivity index (χ0) is 24.1. The minimum atomic E-state index is -1.32. The van der Waals surface area contributed by atoms with Gasteiger partial charge in [0.05, 0.1) is 11.1 Å². The van der Waals surface area contributed by atoms with E-state index in [9.17, 15) is 19.2 Å². The molecule has 1 aromatic rings. The molecule has 11 heteroatoms. The van der Waals surface area contributed by atoms with Crippen LogP contribution in [-0.2, 0) is 30.3 Å². The zero-order valence-corrected chi connectivity index (χ0v) is 18.2. The topological polar surface area (TPSA) is 149 Å². The van der Waals surface area contributed by atoms with Crippen LogP contribution in [0, 0.1) is 0 Å². The lowest BCUT2D eigenvalue weighted by Crippen LogP contribution is -2.22. The minimum Gasteiger partial charge on any atom is -0.481 e. The summed E-state index contributed by atoms with van der Waals surface area (Å²) >= 11 is 6.39. The average molecular weight is 481 g/mol. The number of epoxide rings is 1. The first-order chi connectivity index (χ1) is 15.7. The standard InChI is InChI=1S/C22H21ClO10/c1-11-6-15-14(33-15)5-3-2-4-12(24)7-13-20(22(29)32-11)16(30-9-18(25)26)8-17(21(13)23)31-10-19(27)28/h2-5,8,11,14-15H,6-7,9-10H2,1H3,(H,25,26)(H,27,28)/t11-,14+,15+/m1/s1. The van der Waals surface area contributed by atoms with E-state index >= 15 is 0 Å². The van der Waals surface area contributed by atoms with E-state index in [1.807, 2.05) is 0 Å². The molecule has 3 atom stereocenters. The van der Waals surface area contributed by atoms with Crippen molar-refractivity contribution >= 4 is 35.3 Å². The average Bonchev–Trinajstić information content (AvgIpc) is 3.46. The zero-order valence-electron chi connectivity index (χ0n) is 17.5. The van der Waals surface area contributed by atoms with E-state index < -0.39 is 43.0 Å². The van der Waals surface area contributed by atoms with Gasteiger partial charge in [0.15, 0.2) is 19.0 Å². The number of ketones is 1. The number of allylic oxidation sites excluding steroid dienone is 3. The Balaban J connectivity index is 2.09. The van der Waals surface area contributed by atoms with Crippen molar-refractivity contribution in [3.05, 3.63) is 46.5 Å². The molecule has 0 amide bonds. The molecule has 10 nitrogen and oxygen atoms in total. The van der Waals surface area contributed by atoms with Crippen molar-refractivity contribution in [2.45, 2.75) is 38.1 Å². The van der Waals surface area contributed by atoms with Gasteiger partial charge < -0.3 is 29.2 Å². The number of carbonyl (C=O) groups excluding carboxylic acids is 2. The summed E-state index contributed by atoms with van der Waals surface area (Å²) in [5, 5.41) is 17.7. The van der Waals surface area contributed by atoms with Crippen LogP contribution in [0.15, 0.2) is 30.4 Å². The molecular weight excluding hydrogens is 460 g/mol. The van der Waals surface area contributed by atoms with Gasteiger partial charge in [0.25, 0.3) is 0 Å². The Morgan fingerprint density at radius 3 is 2.45 bits per heavy atom. The number of fused-ring (bicyclic) bond motifs is 2. The van der Waals surface area contributed by atoms with E-state index in [1.54, 1.807) is 19.1 Å². The molecule has 0 aromatic heterocycles. The van der Waals surface area contributed by atoms with Crippen molar-refractivity contribution in [3.63, 3.8) is 0 Å². The van der Waals surface area contributed by atoms with Gasteiger partial charge in [-0.15, -0.1) is 0 Å². The molecule has 0 spiro atoms. The molecule has 1 fully saturated rings. The molecule has 2 aliphatic heterocycles. The van der Waals surface area contributed by atoms with E-state index in [-0.39, 0.29) is 46.3 Å². The van der Waals surface area contributed by atoms with Gasteiger partial charge in [-0.3, -0.25) is 4.79 Å². The van der Waals surface area contributed by atoms with Gasteiger partial charge in [0.2, 0.25) is 0 Å². The monoisotopic (exact) mass is 480 g/mol. The highest BCUT2D eigenvalue weighted by Gasteiger charge is 2.38. The van der Waals surface area contributed by atoms with E-state index in [0.717, 1.165) is 6.07 Å². The highest BCUT2D eigenvalue weighted by atomic mass is 35.5. The number of aliphatic carboxylic acids is 2. The number of carbonyl (C=O) groups is 4. The van der Waals surface area contributed by atoms with Crippen LogP contribution in [0.1, 0.15) is 29.3 Å². The van der Waals surface area contributed by atoms with Crippen molar-refractivity contribution in [2.24, 2.45) is 0 Å². The number of cyclic esters (lactones) is 1. The summed E-state index contributed by atoms with van der Waals surface area (Å²) in [6.45, 7) is 0.0890. The summed E-state index contributed by atoms with van der Waals surface area (Å²) in [6, 6.07) is 1.10. The van der Waals surface area contributed by atoms with E-state index in [1.165, 1.54) is 12.2 Å². The molecule has 0 unspecified atom stereocenters. The number of carboxylic acid groups (broad SMARTS) is 2. The van der Waals surface area contributed by atoms with Gasteiger partial charge in [0.1, 0.15) is 29.3 Å². The van der Waals surface area contributed by atoms with Crippen molar-refractivity contribution < 1.29 is 48.3 Å². The summed E-state index contributed by atoms with van der Waals surface area (Å²) in [5.41, 5.74) is -0.272. The molecule has 33 heavy (non-hydrogen) atoms. The Labute approximate surface area is 193 Å². The lowest BCUT2D eigenvalue weighted by atomic mass is 9.99. The summed E-state index contributed by atoms with van der Waals surface area (Å²) in [7, 11) is 0. The maximum absolute atomic E-state index is 13.1. The van der Waals surface area contributed by atoms with Crippen LogP contribution in [-0.4, -0.2) is 65.4 Å². The number of ether oxygens (including phenoxy) is 4. The molecular formula is C22H21ClO10. The fourth-order valence-electron chi connectivity index (χ4n) is 3.25. The molecule has 176 valence electrons. The largest absolute Gasteiger partial charge is 0.481 e. The van der Waals surface area contributed by atoms with Crippen molar-refractivity contribution in [1.29, 1.82) is 0 Å². The molecule has 1 aromatic carbocycles. The molecule has 2 N–H and O–H groups in total. The molecule has 0 radical (unpaired) electrons. The number of halogens is 1. The second kappa shape index (κ2) is 10.5. The lowest BCUT2D eigenvalue weighted by Gasteiger charge is -2.20. The Kier molecular flexibility index (Phi) is 7.72. The Bertz CT molecular complexity index is 1030. The van der Waals surface area contributed by atoms with Crippen LogP contribution >= 0.6 is 11.6 Å². The number of hydrogen-bond acceptors (Lipinski definition) is 8. The van der Waals surface area contributed by atoms with Crippen LogP contribution in [0.4, 0.5) is 0 Å². The summed E-state index contributed by atoms with van der Waals surface area (Å²) in [5.74, 6) is -4.39. The predicted molar refractivity (Wildman–Crippen MR) is 113 cm³/mol. The van der Waals surface area contributed by atoms with Gasteiger partial charge in [-0.25, -0.2) is 14.4 Å². The minimum absolute atomic E-state index is 0.0339. The Hall–Kier alpha value is -3.37. The molecule has 0 bridgehead atoms. The molecule has 2 aliphatic rings. The smallest absolute Gasteiger partial charge is 0.342 e. The van der Waals surface area contributed by atoms with Gasteiger partial charge in [0, 0.05) is 24.5 Å². The highest BCUT2D eigenvalue weighted by Crippen LogP contribution is 2.39. The van der Waals surface area contributed by atoms with Crippen LogP contribution < -0.4 is 9.47 Å². The predicted octanol–water partition coefficient (Wildman–Crippen LogP) is 2.21. The maximum Gasteiger partial charge on any atom is 0.342 e. The normalized spacial score (nSPS) is 22.4. The third-order valence-electron chi connectivity index (χ3n) is 4.74. The molecule has 1 saturated heterocycles. The van der Waals surface area contributed by atoms with Crippen molar-refractivity contribution in [1.82, 2.24) is 0 Å². The molecule has 3 rings (SSSR count). The number of carboxylic acids is 2. The van der Waals surface area contributed by atoms with Crippen molar-refractivity contribution in [3.8, 4) is 11.5 Å². The second-order valence-corrected chi connectivity index (χ2v) is 7.76. The Morgan fingerprint density at radius 1 is 1.12 bits per heavy atom. The number of rotatable bonds is 6. The molecule has 0 aliphatic carbocycles. The number of benzene rings is 1. The number of esters is 1. The van der Waals surface area contributed by atoms with Crippen LogP contribution in [0.2, 0.25) is 5.02 Å². The van der Waals surface area contributed by atoms with E-state index in [4.69, 9.17) is 40.8 Å². The third-order valence-corrected chi connectivity index (χ3v) is 5.15. The molecule has 0 saturated carbocycles. The SMILES string of the molecule is C[C@@H]1C[C@@H]2O[C@H]2C=CC=CC(=O)Cc2c(Cl)c(OCC(=O)O)cc(OCC(=O)O)c2C(=O)O1. The summed E-state index contributed by atoms with van der Waals surface area (Å²) < 4.78 is 21.4. The van der Waals surface area contributed by atoms with Crippen LogP contribution in [0.25, 0.3) is 0 Å². The maximum atomic E-state index is 13.1. The quantitative estimate of drug-likeness (QED) is 0.458. The van der Waals surface area contributed by atoms with E-state index in [2.05, 4.69) is 0 Å². The number of hydrogen-bond donors (Lipinski definition) is 2. The van der Waals surface area contributed by atoms with Crippen LogP contribution in [0.3, 0.4) is 0 Å². The third kappa shape index (κ3) is 6.56. The fraction of sp³-hybridized carbons (Fsp3) is 0.364. The van der Waals surface area contributed by atoms with E-state index in [0.29, 0.717) is 6.42 Å². The lowest BCUT2D eigenvalue weighted by molar-refractivity contribution is -0.140. The first-order valence-corrected chi connectivity index (χ1v) is 10.3. The Morgan fingerprint density at radius 2 is 1.79 bits per heavy atom. The van der Waals surface area contributed by atoms with Gasteiger partial charge >= 0.3 is 17.9 Å². The summed E-state index contributed by atoms with van der Waals surface area (Å²) in [6.07, 6.45) is 5.43. The first-order valence-electron chi connectivity index (χ1n) is 9.94. The van der Waals surface area contributed by atoms with Crippen LogP contribution in [0.5, 0.6) is 11.5 Å².